The molecule has 1 saturated carbocycles. The van der Waals surface area contributed by atoms with E-state index in [1.54, 1.807) is 20.8 Å². The summed E-state index contributed by atoms with van der Waals surface area (Å²) < 4.78 is 26.8. The summed E-state index contributed by atoms with van der Waals surface area (Å²) in [6, 6.07) is 8.98. The van der Waals surface area contributed by atoms with Crippen LogP contribution in [0, 0.1) is 5.92 Å². The van der Waals surface area contributed by atoms with Crippen molar-refractivity contribution in [1.82, 2.24) is 4.72 Å². The third-order valence-corrected chi connectivity index (χ3v) is 8.28. The topological polar surface area (TPSA) is 87.5 Å². The molecule has 158 valence electrons. The molecule has 0 spiro atoms. The minimum absolute atomic E-state index is 0.0755. The first-order valence-electron chi connectivity index (χ1n) is 10.5. The van der Waals surface area contributed by atoms with Crippen molar-refractivity contribution in [3.63, 3.8) is 0 Å². The van der Waals surface area contributed by atoms with E-state index in [4.69, 9.17) is 5.73 Å². The monoisotopic (exact) mass is 408 g/mol. The number of rotatable bonds is 6. The van der Waals surface area contributed by atoms with E-state index >= 15 is 0 Å². The van der Waals surface area contributed by atoms with Crippen LogP contribution in [0.25, 0.3) is 0 Å². The summed E-state index contributed by atoms with van der Waals surface area (Å²) in [5, 5.41) is 3.55. The zero-order chi connectivity index (χ0) is 20.4. The highest BCUT2D eigenvalue weighted by molar-refractivity contribution is 7.90. The Morgan fingerprint density at radius 3 is 2.25 bits per heavy atom. The maximum absolute atomic E-state index is 12.3. The minimum Gasteiger partial charge on any atom is -0.385 e. The standard InChI is InChI=1S/C21H36N4O2S/c1-21(2,3)28(26,27)24-19-6-4-16(5-7-19)14-23-18-8-10-20(11-9-18)25-13-12-17(22)15-25/h8-11,16-17,19,23-24H,4-7,12-15,22H2,1-3H3. The lowest BCUT2D eigenvalue weighted by Gasteiger charge is -2.31. The fraction of sp³-hybridized carbons (Fsp3) is 0.714. The van der Waals surface area contributed by atoms with Gasteiger partial charge in [-0.15, -0.1) is 0 Å². The largest absolute Gasteiger partial charge is 0.385 e. The molecule has 2 aliphatic rings. The van der Waals surface area contributed by atoms with Crippen LogP contribution < -0.4 is 20.7 Å². The van der Waals surface area contributed by atoms with Crippen molar-refractivity contribution in [3.8, 4) is 0 Å². The molecule has 4 N–H and O–H groups in total. The molecule has 6 nitrogen and oxygen atoms in total. The van der Waals surface area contributed by atoms with Gasteiger partial charge in [0.2, 0.25) is 10.0 Å². The van der Waals surface area contributed by atoms with Crippen LogP contribution in [0.15, 0.2) is 24.3 Å². The van der Waals surface area contributed by atoms with Gasteiger partial charge in [0.1, 0.15) is 0 Å². The fourth-order valence-electron chi connectivity index (χ4n) is 3.95. The van der Waals surface area contributed by atoms with Crippen molar-refractivity contribution >= 4 is 21.4 Å². The average Bonchev–Trinajstić information content (AvgIpc) is 3.07. The van der Waals surface area contributed by atoms with Gasteiger partial charge in [0.15, 0.2) is 0 Å². The number of hydrogen-bond donors (Lipinski definition) is 3. The minimum atomic E-state index is -3.26. The van der Waals surface area contributed by atoms with E-state index in [9.17, 15) is 8.42 Å². The van der Waals surface area contributed by atoms with Gasteiger partial charge in [0, 0.05) is 43.1 Å². The van der Waals surface area contributed by atoms with Crippen LogP contribution in [0.1, 0.15) is 52.9 Å². The van der Waals surface area contributed by atoms with Gasteiger partial charge < -0.3 is 16.0 Å². The number of benzene rings is 1. The van der Waals surface area contributed by atoms with Gasteiger partial charge in [0.25, 0.3) is 0 Å². The summed E-state index contributed by atoms with van der Waals surface area (Å²) in [5.41, 5.74) is 8.38. The third-order valence-electron chi connectivity index (χ3n) is 6.03. The number of nitrogens with zero attached hydrogens (tertiary/aromatic N) is 1. The van der Waals surface area contributed by atoms with E-state index in [1.807, 2.05) is 0 Å². The molecular weight excluding hydrogens is 372 g/mol. The quantitative estimate of drug-likeness (QED) is 0.674. The Morgan fingerprint density at radius 1 is 1.07 bits per heavy atom. The molecule has 0 aromatic heterocycles. The summed E-state index contributed by atoms with van der Waals surface area (Å²) in [6.45, 7) is 8.15. The summed E-state index contributed by atoms with van der Waals surface area (Å²) in [6.07, 6.45) is 4.99. The molecule has 1 aliphatic heterocycles. The normalized spacial score (nSPS) is 26.4. The maximum atomic E-state index is 12.3. The summed E-state index contributed by atoms with van der Waals surface area (Å²) in [5.74, 6) is 0.589. The van der Waals surface area contributed by atoms with Crippen molar-refractivity contribution in [2.24, 2.45) is 11.7 Å². The summed E-state index contributed by atoms with van der Waals surface area (Å²) in [4.78, 5) is 2.34. The third kappa shape index (κ3) is 5.39. The lowest BCUT2D eigenvalue weighted by atomic mass is 9.86. The van der Waals surface area contributed by atoms with Gasteiger partial charge in [-0.05, 0) is 83.1 Å². The molecule has 1 atom stereocenters. The predicted molar refractivity (Wildman–Crippen MR) is 117 cm³/mol. The van der Waals surface area contributed by atoms with Crippen molar-refractivity contribution in [1.29, 1.82) is 0 Å². The Morgan fingerprint density at radius 2 is 1.71 bits per heavy atom. The van der Waals surface area contributed by atoms with Gasteiger partial charge in [-0.25, -0.2) is 13.1 Å². The fourth-order valence-corrected chi connectivity index (χ4v) is 4.98. The molecule has 0 radical (unpaired) electrons. The molecule has 1 heterocycles. The van der Waals surface area contributed by atoms with E-state index in [-0.39, 0.29) is 6.04 Å². The van der Waals surface area contributed by atoms with Gasteiger partial charge in [-0.1, -0.05) is 0 Å². The second kappa shape index (κ2) is 8.59. The zero-order valence-corrected chi connectivity index (χ0v) is 18.3. The molecule has 0 bridgehead atoms. The number of sulfonamides is 1. The molecule has 3 rings (SSSR count). The van der Waals surface area contributed by atoms with Crippen LogP contribution in [0.3, 0.4) is 0 Å². The van der Waals surface area contributed by atoms with Crippen molar-refractivity contribution in [2.45, 2.75) is 69.7 Å². The summed E-state index contributed by atoms with van der Waals surface area (Å²) >= 11 is 0. The van der Waals surface area contributed by atoms with Crippen molar-refractivity contribution in [3.05, 3.63) is 24.3 Å². The summed E-state index contributed by atoms with van der Waals surface area (Å²) in [7, 11) is -3.26. The number of nitrogens with two attached hydrogens (primary N) is 1. The number of anilines is 2. The van der Waals surface area contributed by atoms with Crippen molar-refractivity contribution < 1.29 is 8.42 Å². The smallest absolute Gasteiger partial charge is 0.216 e. The van der Waals surface area contributed by atoms with E-state index in [2.05, 4.69) is 39.2 Å². The molecular formula is C21H36N4O2S. The molecule has 1 unspecified atom stereocenters. The molecule has 2 fully saturated rings. The Bertz CT molecular complexity index is 735. The van der Waals surface area contributed by atoms with Crippen LogP contribution in [0.2, 0.25) is 0 Å². The van der Waals surface area contributed by atoms with Crippen molar-refractivity contribution in [2.75, 3.05) is 29.9 Å². The maximum Gasteiger partial charge on any atom is 0.216 e. The average molecular weight is 409 g/mol. The van der Waals surface area contributed by atoms with Crippen LogP contribution in [-0.4, -0.2) is 44.9 Å². The van der Waals surface area contributed by atoms with Gasteiger partial charge in [-0.2, -0.15) is 0 Å². The Balaban J connectivity index is 1.42. The second-order valence-electron chi connectivity index (χ2n) is 9.37. The molecule has 1 aromatic carbocycles. The molecule has 1 saturated heterocycles. The van der Waals surface area contributed by atoms with Gasteiger partial charge in [-0.3, -0.25) is 0 Å². The molecule has 28 heavy (non-hydrogen) atoms. The SMILES string of the molecule is CC(C)(C)S(=O)(=O)NC1CCC(CNc2ccc(N3CCC(N)C3)cc2)CC1. The van der Waals surface area contributed by atoms with Crippen LogP contribution in [-0.2, 0) is 10.0 Å². The lowest BCUT2D eigenvalue weighted by Crippen LogP contribution is -2.46. The van der Waals surface area contributed by atoms with Crippen LogP contribution in [0.5, 0.6) is 0 Å². The first kappa shape index (κ1) is 21.4. The Hall–Kier alpha value is -1.31. The number of hydrogen-bond acceptors (Lipinski definition) is 5. The predicted octanol–water partition coefficient (Wildman–Crippen LogP) is 2.91. The lowest BCUT2D eigenvalue weighted by molar-refractivity contribution is 0.322. The first-order valence-corrected chi connectivity index (χ1v) is 12.0. The highest BCUT2D eigenvalue weighted by atomic mass is 32.2. The van der Waals surface area contributed by atoms with Crippen LogP contribution in [0.4, 0.5) is 11.4 Å². The van der Waals surface area contributed by atoms with Crippen LogP contribution >= 0.6 is 0 Å². The Labute approximate surface area is 170 Å². The molecule has 7 heteroatoms. The van der Waals surface area contributed by atoms with E-state index in [1.165, 1.54) is 5.69 Å². The zero-order valence-electron chi connectivity index (χ0n) is 17.4. The highest BCUT2D eigenvalue weighted by Gasteiger charge is 2.32. The first-order chi connectivity index (χ1) is 13.1. The second-order valence-corrected chi connectivity index (χ2v) is 11.8. The van der Waals surface area contributed by atoms with Gasteiger partial charge in [0.05, 0.1) is 4.75 Å². The molecule has 1 aliphatic carbocycles. The number of nitrogens with one attached hydrogen (secondary N) is 2. The molecule has 1 aromatic rings. The Kier molecular flexibility index (Phi) is 6.57. The van der Waals surface area contributed by atoms with E-state index in [0.29, 0.717) is 12.0 Å². The van der Waals surface area contributed by atoms with E-state index < -0.39 is 14.8 Å². The highest BCUT2D eigenvalue weighted by Crippen LogP contribution is 2.27. The molecule has 0 amide bonds. The van der Waals surface area contributed by atoms with Gasteiger partial charge >= 0.3 is 0 Å². The van der Waals surface area contributed by atoms with E-state index in [0.717, 1.165) is 57.4 Å².